The highest BCUT2D eigenvalue weighted by Gasteiger charge is 2.28. The van der Waals surface area contributed by atoms with E-state index in [2.05, 4.69) is 20.4 Å². The van der Waals surface area contributed by atoms with Crippen molar-refractivity contribution in [1.29, 1.82) is 0 Å². The zero-order valence-electron chi connectivity index (χ0n) is 14.3. The molecule has 1 aliphatic heterocycles. The minimum atomic E-state index is -0.0187. The molecule has 2 amide bonds. The summed E-state index contributed by atoms with van der Waals surface area (Å²) in [7, 11) is 0. The van der Waals surface area contributed by atoms with E-state index >= 15 is 0 Å². The monoisotopic (exact) mass is 349 g/mol. The molecule has 24 heavy (non-hydrogen) atoms. The third-order valence-electron chi connectivity index (χ3n) is 4.23. The van der Waals surface area contributed by atoms with Crippen molar-refractivity contribution in [2.24, 2.45) is 0 Å². The van der Waals surface area contributed by atoms with Crippen molar-refractivity contribution >= 4 is 17.4 Å². The highest BCUT2D eigenvalue weighted by Crippen LogP contribution is 2.25. The molecule has 0 bridgehead atoms. The van der Waals surface area contributed by atoms with Crippen LogP contribution in [0, 0.1) is 20.8 Å². The van der Waals surface area contributed by atoms with Crippen molar-refractivity contribution in [3.05, 3.63) is 27.3 Å². The van der Waals surface area contributed by atoms with Crippen LogP contribution in [0.2, 0.25) is 0 Å². The quantitative estimate of drug-likeness (QED) is 0.917. The van der Waals surface area contributed by atoms with E-state index in [1.54, 1.807) is 11.3 Å². The summed E-state index contributed by atoms with van der Waals surface area (Å²) in [4.78, 5) is 24.2. The van der Waals surface area contributed by atoms with E-state index in [9.17, 15) is 4.79 Å². The van der Waals surface area contributed by atoms with E-state index in [1.807, 2.05) is 25.7 Å². The van der Waals surface area contributed by atoms with Gasteiger partial charge in [0.15, 0.2) is 5.82 Å². The van der Waals surface area contributed by atoms with E-state index in [4.69, 9.17) is 4.52 Å². The number of hydrogen-bond donors (Lipinski definition) is 1. The molecular weight excluding hydrogens is 326 g/mol. The second-order valence-electron chi connectivity index (χ2n) is 6.19. The number of aromatic nitrogens is 3. The molecule has 2 aromatic heterocycles. The number of thiazole rings is 1. The molecule has 1 atom stereocenters. The topological polar surface area (TPSA) is 84.2 Å². The van der Waals surface area contributed by atoms with Crippen LogP contribution in [0.5, 0.6) is 0 Å². The molecule has 8 heteroatoms. The second-order valence-corrected chi connectivity index (χ2v) is 7.48. The largest absolute Gasteiger partial charge is 0.339 e. The Bertz CT molecular complexity index is 711. The first-order valence-corrected chi connectivity index (χ1v) is 9.10. The van der Waals surface area contributed by atoms with Crippen LogP contribution < -0.4 is 5.32 Å². The van der Waals surface area contributed by atoms with Gasteiger partial charge < -0.3 is 14.7 Å². The maximum Gasteiger partial charge on any atom is 0.317 e. The van der Waals surface area contributed by atoms with Crippen molar-refractivity contribution < 1.29 is 9.32 Å². The number of nitrogens with one attached hydrogen (secondary N) is 1. The normalized spacial score (nSPS) is 18.0. The first-order chi connectivity index (χ1) is 11.5. The first-order valence-electron chi connectivity index (χ1n) is 8.29. The van der Waals surface area contributed by atoms with E-state index in [0.717, 1.165) is 36.5 Å². The SMILES string of the molecule is Cc1noc([C@@H]2CCCN(C(=O)NCCc3sc(C)nc3C)C2)n1. The molecule has 0 radical (unpaired) electrons. The summed E-state index contributed by atoms with van der Waals surface area (Å²) in [6, 6.07) is -0.0187. The lowest BCUT2D eigenvalue weighted by atomic mass is 9.98. The number of aryl methyl sites for hydroxylation is 3. The third-order valence-corrected chi connectivity index (χ3v) is 5.36. The Morgan fingerprint density at radius 1 is 1.38 bits per heavy atom. The summed E-state index contributed by atoms with van der Waals surface area (Å²) in [6.45, 7) is 7.86. The van der Waals surface area contributed by atoms with E-state index in [0.29, 0.717) is 24.8 Å². The fourth-order valence-electron chi connectivity index (χ4n) is 3.04. The lowest BCUT2D eigenvalue weighted by molar-refractivity contribution is 0.172. The van der Waals surface area contributed by atoms with Gasteiger partial charge in [-0.25, -0.2) is 9.78 Å². The van der Waals surface area contributed by atoms with Gasteiger partial charge in [-0.15, -0.1) is 11.3 Å². The van der Waals surface area contributed by atoms with Gasteiger partial charge in [-0.1, -0.05) is 5.16 Å². The predicted molar refractivity (Wildman–Crippen MR) is 91.3 cm³/mol. The third kappa shape index (κ3) is 3.92. The maximum atomic E-state index is 12.4. The number of hydrogen-bond acceptors (Lipinski definition) is 6. The number of piperidine rings is 1. The number of carbonyl (C=O) groups is 1. The van der Waals surface area contributed by atoms with Gasteiger partial charge in [-0.05, 0) is 33.6 Å². The number of nitrogens with zero attached hydrogens (tertiary/aromatic N) is 4. The zero-order chi connectivity index (χ0) is 17.1. The smallest absolute Gasteiger partial charge is 0.317 e. The molecule has 130 valence electrons. The average molecular weight is 349 g/mol. The summed E-state index contributed by atoms with van der Waals surface area (Å²) in [6.07, 6.45) is 2.75. The minimum absolute atomic E-state index is 0.0187. The second kappa shape index (κ2) is 7.29. The summed E-state index contributed by atoms with van der Waals surface area (Å²) in [5, 5.41) is 7.93. The molecular formula is C16H23N5O2S. The van der Waals surface area contributed by atoms with Crippen LogP contribution in [-0.4, -0.2) is 45.7 Å². The lowest BCUT2D eigenvalue weighted by Crippen LogP contribution is -2.45. The predicted octanol–water partition coefficient (Wildman–Crippen LogP) is 2.58. The van der Waals surface area contributed by atoms with Gasteiger partial charge >= 0.3 is 6.03 Å². The lowest BCUT2D eigenvalue weighted by Gasteiger charge is -2.31. The number of rotatable bonds is 4. The summed E-state index contributed by atoms with van der Waals surface area (Å²) >= 11 is 1.70. The number of carbonyl (C=O) groups excluding carboxylic acids is 1. The Morgan fingerprint density at radius 2 is 2.21 bits per heavy atom. The van der Waals surface area contributed by atoms with Gasteiger partial charge in [-0.2, -0.15) is 4.98 Å². The minimum Gasteiger partial charge on any atom is -0.339 e. The van der Waals surface area contributed by atoms with Crippen LogP contribution in [0.3, 0.4) is 0 Å². The van der Waals surface area contributed by atoms with Gasteiger partial charge in [0.25, 0.3) is 0 Å². The summed E-state index contributed by atoms with van der Waals surface area (Å²) in [5.74, 6) is 1.42. The molecule has 0 spiro atoms. The zero-order valence-corrected chi connectivity index (χ0v) is 15.2. The fraction of sp³-hybridized carbons (Fsp3) is 0.625. The highest BCUT2D eigenvalue weighted by atomic mass is 32.1. The molecule has 0 aliphatic carbocycles. The first kappa shape index (κ1) is 16.9. The van der Waals surface area contributed by atoms with Crippen molar-refractivity contribution in [2.45, 2.75) is 46.0 Å². The van der Waals surface area contributed by atoms with E-state index in [-0.39, 0.29) is 11.9 Å². The summed E-state index contributed by atoms with van der Waals surface area (Å²) < 4.78 is 5.26. The van der Waals surface area contributed by atoms with Crippen molar-refractivity contribution in [2.75, 3.05) is 19.6 Å². The standard InChI is InChI=1S/C16H23N5O2S/c1-10-14(24-12(3)18-10)6-7-17-16(22)21-8-4-5-13(9-21)15-19-11(2)20-23-15/h13H,4-9H2,1-3H3,(H,17,22)/t13-/m1/s1. The Labute approximate surface area is 145 Å². The Kier molecular flexibility index (Phi) is 5.13. The average Bonchev–Trinajstić information content (AvgIpc) is 3.13. The van der Waals surface area contributed by atoms with Crippen LogP contribution in [0.4, 0.5) is 4.79 Å². The van der Waals surface area contributed by atoms with Gasteiger partial charge in [0.2, 0.25) is 5.89 Å². The van der Waals surface area contributed by atoms with Crippen LogP contribution in [-0.2, 0) is 6.42 Å². The van der Waals surface area contributed by atoms with E-state index in [1.165, 1.54) is 4.88 Å². The fourth-order valence-corrected chi connectivity index (χ4v) is 3.98. The molecule has 0 unspecified atom stereocenters. The molecule has 2 aromatic rings. The molecule has 0 aromatic carbocycles. The van der Waals surface area contributed by atoms with Crippen molar-refractivity contribution in [3.63, 3.8) is 0 Å². The highest BCUT2D eigenvalue weighted by molar-refractivity contribution is 7.11. The van der Waals surface area contributed by atoms with Gasteiger partial charge in [0.05, 0.1) is 16.6 Å². The van der Waals surface area contributed by atoms with Crippen LogP contribution in [0.25, 0.3) is 0 Å². The Morgan fingerprint density at radius 3 is 2.88 bits per heavy atom. The summed E-state index contributed by atoms with van der Waals surface area (Å²) in [5.41, 5.74) is 1.07. The van der Waals surface area contributed by atoms with Gasteiger partial charge in [0, 0.05) is 30.9 Å². The van der Waals surface area contributed by atoms with Gasteiger partial charge in [0.1, 0.15) is 0 Å². The number of likely N-dealkylation sites (tertiary alicyclic amines) is 1. The van der Waals surface area contributed by atoms with Crippen molar-refractivity contribution in [3.8, 4) is 0 Å². The molecule has 7 nitrogen and oxygen atoms in total. The molecule has 1 fully saturated rings. The van der Waals surface area contributed by atoms with Crippen LogP contribution in [0.15, 0.2) is 4.52 Å². The number of urea groups is 1. The van der Waals surface area contributed by atoms with Crippen LogP contribution >= 0.6 is 11.3 Å². The Hall–Kier alpha value is -1.96. The maximum absolute atomic E-state index is 12.4. The van der Waals surface area contributed by atoms with Crippen molar-refractivity contribution in [1.82, 2.24) is 25.3 Å². The molecule has 1 saturated heterocycles. The number of amides is 2. The molecule has 3 heterocycles. The molecule has 3 rings (SSSR count). The molecule has 0 saturated carbocycles. The molecule has 1 N–H and O–H groups in total. The van der Waals surface area contributed by atoms with Crippen LogP contribution in [0.1, 0.15) is 46.1 Å². The Balaban J connectivity index is 1.50. The van der Waals surface area contributed by atoms with Gasteiger partial charge in [-0.3, -0.25) is 0 Å². The van der Waals surface area contributed by atoms with E-state index < -0.39 is 0 Å². The molecule has 1 aliphatic rings.